The second-order valence-electron chi connectivity index (χ2n) is 5.84. The maximum Gasteiger partial charge on any atom is 0.145 e. The van der Waals surface area contributed by atoms with E-state index >= 15 is 0 Å². The first-order valence-electron chi connectivity index (χ1n) is 6.53. The fourth-order valence-electron chi connectivity index (χ4n) is 1.98. The third kappa shape index (κ3) is 3.46. The van der Waals surface area contributed by atoms with Gasteiger partial charge < -0.3 is 4.74 Å². The highest BCUT2D eigenvalue weighted by Gasteiger charge is 2.09. The summed E-state index contributed by atoms with van der Waals surface area (Å²) < 4.78 is 5.85. The number of hydrogen-bond acceptors (Lipinski definition) is 2. The average molecular weight is 243 g/mol. The monoisotopic (exact) mass is 243 g/mol. The molecule has 0 saturated heterocycles. The molecular formula is C16H21NO. The first-order valence-corrected chi connectivity index (χ1v) is 6.53. The quantitative estimate of drug-likeness (QED) is 0.741. The van der Waals surface area contributed by atoms with E-state index in [1.165, 1.54) is 6.42 Å². The molecule has 0 spiro atoms. The number of benzene rings is 1. The topological polar surface area (TPSA) is 22.1 Å². The molecule has 1 heterocycles. The molecule has 0 unspecified atom stereocenters. The smallest absolute Gasteiger partial charge is 0.145 e. The minimum Gasteiger partial charge on any atom is -0.491 e. The number of para-hydroxylation sites is 1. The molecule has 18 heavy (non-hydrogen) atoms. The van der Waals surface area contributed by atoms with Gasteiger partial charge in [-0.1, -0.05) is 39.0 Å². The van der Waals surface area contributed by atoms with Crippen LogP contribution in [-0.4, -0.2) is 11.6 Å². The Morgan fingerprint density at radius 3 is 2.67 bits per heavy atom. The molecule has 2 nitrogen and oxygen atoms in total. The molecule has 2 heteroatoms. The van der Waals surface area contributed by atoms with Crippen LogP contribution in [0, 0.1) is 5.41 Å². The second-order valence-corrected chi connectivity index (χ2v) is 5.84. The molecule has 0 fully saturated rings. The number of pyridine rings is 1. The molecule has 0 saturated carbocycles. The fraction of sp³-hybridized carbons (Fsp3) is 0.438. The highest BCUT2D eigenvalue weighted by Crippen LogP contribution is 2.24. The van der Waals surface area contributed by atoms with E-state index in [1.54, 1.807) is 0 Å². The molecule has 96 valence electrons. The maximum atomic E-state index is 5.85. The number of aromatic nitrogens is 1. The Morgan fingerprint density at radius 2 is 1.89 bits per heavy atom. The number of fused-ring (bicyclic) bond motifs is 1. The molecule has 1 aromatic heterocycles. The standard InChI is InChI=1S/C16H21NO/c1-16(2,3)10-6-12-18-14-9-4-7-13-8-5-11-17-15(13)14/h4-5,7-9,11H,6,10,12H2,1-3H3. The summed E-state index contributed by atoms with van der Waals surface area (Å²) in [7, 11) is 0. The van der Waals surface area contributed by atoms with Crippen LogP contribution in [0.15, 0.2) is 36.5 Å². The fourth-order valence-corrected chi connectivity index (χ4v) is 1.98. The molecule has 0 atom stereocenters. The molecule has 0 aliphatic rings. The maximum absolute atomic E-state index is 5.85. The first-order chi connectivity index (χ1) is 8.56. The highest BCUT2D eigenvalue weighted by molar-refractivity contribution is 5.84. The van der Waals surface area contributed by atoms with Gasteiger partial charge in [0.15, 0.2) is 0 Å². The van der Waals surface area contributed by atoms with E-state index in [2.05, 4.69) is 37.9 Å². The largest absolute Gasteiger partial charge is 0.491 e. The van der Waals surface area contributed by atoms with Crippen molar-refractivity contribution in [1.82, 2.24) is 4.98 Å². The van der Waals surface area contributed by atoms with Crippen molar-refractivity contribution in [2.45, 2.75) is 33.6 Å². The van der Waals surface area contributed by atoms with E-state index in [0.717, 1.165) is 29.7 Å². The van der Waals surface area contributed by atoms with Gasteiger partial charge >= 0.3 is 0 Å². The Kier molecular flexibility index (Phi) is 3.85. The molecule has 1 aromatic carbocycles. The summed E-state index contributed by atoms with van der Waals surface area (Å²) in [5.41, 5.74) is 1.33. The molecule has 0 radical (unpaired) electrons. The minimum atomic E-state index is 0.375. The zero-order chi connectivity index (χ0) is 13.0. The zero-order valence-electron chi connectivity index (χ0n) is 11.4. The summed E-state index contributed by atoms with van der Waals surface area (Å²) in [6, 6.07) is 10.1. The van der Waals surface area contributed by atoms with Gasteiger partial charge in [-0.25, -0.2) is 0 Å². The van der Waals surface area contributed by atoms with E-state index in [4.69, 9.17) is 4.74 Å². The summed E-state index contributed by atoms with van der Waals surface area (Å²) in [5, 5.41) is 1.13. The van der Waals surface area contributed by atoms with Gasteiger partial charge in [-0.05, 0) is 30.4 Å². The third-order valence-electron chi connectivity index (χ3n) is 2.92. The van der Waals surface area contributed by atoms with Crippen LogP contribution in [0.1, 0.15) is 33.6 Å². The molecular weight excluding hydrogens is 222 g/mol. The van der Waals surface area contributed by atoms with Crippen LogP contribution in [0.5, 0.6) is 5.75 Å². The van der Waals surface area contributed by atoms with Crippen LogP contribution in [-0.2, 0) is 0 Å². The Bertz CT molecular complexity index is 508. The molecule has 0 amide bonds. The van der Waals surface area contributed by atoms with Crippen LogP contribution in [0.4, 0.5) is 0 Å². The molecule has 0 aliphatic heterocycles. The predicted octanol–water partition coefficient (Wildman–Crippen LogP) is 4.44. The average Bonchev–Trinajstić information content (AvgIpc) is 2.33. The van der Waals surface area contributed by atoms with Gasteiger partial charge in [-0.2, -0.15) is 0 Å². The molecule has 0 aliphatic carbocycles. The van der Waals surface area contributed by atoms with Crippen molar-refractivity contribution in [2.75, 3.05) is 6.61 Å². The van der Waals surface area contributed by atoms with Gasteiger partial charge in [0.05, 0.1) is 6.61 Å². The summed E-state index contributed by atoms with van der Waals surface area (Å²) in [6.07, 6.45) is 4.06. The summed E-state index contributed by atoms with van der Waals surface area (Å²) in [5.74, 6) is 0.891. The Morgan fingerprint density at radius 1 is 1.11 bits per heavy atom. The van der Waals surface area contributed by atoms with Gasteiger partial charge in [0.2, 0.25) is 0 Å². The van der Waals surface area contributed by atoms with Crippen LogP contribution in [0.25, 0.3) is 10.9 Å². The van der Waals surface area contributed by atoms with E-state index in [-0.39, 0.29) is 0 Å². The van der Waals surface area contributed by atoms with Crippen molar-refractivity contribution >= 4 is 10.9 Å². The van der Waals surface area contributed by atoms with E-state index in [1.807, 2.05) is 24.4 Å². The highest BCUT2D eigenvalue weighted by atomic mass is 16.5. The van der Waals surface area contributed by atoms with Gasteiger partial charge in [-0.3, -0.25) is 4.98 Å². The normalized spacial score (nSPS) is 11.7. The number of rotatable bonds is 4. The van der Waals surface area contributed by atoms with E-state index in [9.17, 15) is 0 Å². The van der Waals surface area contributed by atoms with E-state index in [0.29, 0.717) is 5.41 Å². The molecule has 0 bridgehead atoms. The SMILES string of the molecule is CC(C)(C)CCCOc1cccc2cccnc12. The lowest BCUT2D eigenvalue weighted by Gasteiger charge is -2.17. The van der Waals surface area contributed by atoms with Crippen molar-refractivity contribution < 1.29 is 4.74 Å². The molecule has 2 rings (SSSR count). The Labute approximate surface area is 109 Å². The van der Waals surface area contributed by atoms with Crippen LogP contribution in [0.2, 0.25) is 0 Å². The van der Waals surface area contributed by atoms with Crippen molar-refractivity contribution in [3.8, 4) is 5.75 Å². The van der Waals surface area contributed by atoms with Crippen LogP contribution < -0.4 is 4.74 Å². The van der Waals surface area contributed by atoms with Gasteiger partial charge in [0.1, 0.15) is 11.3 Å². The number of hydrogen-bond donors (Lipinski definition) is 0. The van der Waals surface area contributed by atoms with Crippen molar-refractivity contribution in [2.24, 2.45) is 5.41 Å². The van der Waals surface area contributed by atoms with E-state index < -0.39 is 0 Å². The van der Waals surface area contributed by atoms with Crippen molar-refractivity contribution in [3.05, 3.63) is 36.5 Å². The van der Waals surface area contributed by atoms with Crippen molar-refractivity contribution in [1.29, 1.82) is 0 Å². The van der Waals surface area contributed by atoms with Crippen LogP contribution in [0.3, 0.4) is 0 Å². The van der Waals surface area contributed by atoms with Gasteiger partial charge in [0, 0.05) is 11.6 Å². The minimum absolute atomic E-state index is 0.375. The molecule has 2 aromatic rings. The molecule has 0 N–H and O–H groups in total. The Hall–Kier alpha value is -1.57. The lowest BCUT2D eigenvalue weighted by molar-refractivity contribution is 0.271. The van der Waals surface area contributed by atoms with Crippen molar-refractivity contribution in [3.63, 3.8) is 0 Å². The second kappa shape index (κ2) is 5.38. The predicted molar refractivity (Wildman–Crippen MR) is 75.9 cm³/mol. The number of nitrogens with zero attached hydrogens (tertiary/aromatic N) is 1. The van der Waals surface area contributed by atoms with Gasteiger partial charge in [-0.15, -0.1) is 0 Å². The van der Waals surface area contributed by atoms with Gasteiger partial charge in [0.25, 0.3) is 0 Å². The third-order valence-corrected chi connectivity index (χ3v) is 2.92. The summed E-state index contributed by atoms with van der Waals surface area (Å²) in [4.78, 5) is 4.38. The first kappa shape index (κ1) is 12.9. The van der Waals surface area contributed by atoms with Crippen LogP contribution >= 0.6 is 0 Å². The lowest BCUT2D eigenvalue weighted by atomic mass is 9.91. The summed E-state index contributed by atoms with van der Waals surface area (Å²) in [6.45, 7) is 7.53. The number of ether oxygens (including phenoxy) is 1. The zero-order valence-corrected chi connectivity index (χ0v) is 11.4. The lowest BCUT2D eigenvalue weighted by Crippen LogP contribution is -2.08. The Balaban J connectivity index is 2.00. The summed E-state index contributed by atoms with van der Waals surface area (Å²) >= 11 is 0.